The molecule has 0 aliphatic heterocycles. The van der Waals surface area contributed by atoms with E-state index < -0.39 is 0 Å². The SMILES string of the molecule is CNC1c2oc(C)cc2CCC1C. The zero-order chi connectivity index (χ0) is 9.42. The van der Waals surface area contributed by atoms with Crippen LogP contribution in [0.25, 0.3) is 0 Å². The molecule has 0 amide bonds. The van der Waals surface area contributed by atoms with Crippen molar-refractivity contribution in [1.82, 2.24) is 5.32 Å². The molecule has 0 saturated heterocycles. The van der Waals surface area contributed by atoms with Gasteiger partial charge in [-0.25, -0.2) is 0 Å². The van der Waals surface area contributed by atoms with Crippen molar-refractivity contribution >= 4 is 0 Å². The molecular formula is C11H17NO. The molecule has 2 rings (SSSR count). The van der Waals surface area contributed by atoms with Crippen LogP contribution in [0.3, 0.4) is 0 Å². The maximum Gasteiger partial charge on any atom is 0.124 e. The van der Waals surface area contributed by atoms with Gasteiger partial charge in [-0.3, -0.25) is 0 Å². The van der Waals surface area contributed by atoms with Crippen LogP contribution in [0.5, 0.6) is 0 Å². The number of hydrogen-bond acceptors (Lipinski definition) is 2. The van der Waals surface area contributed by atoms with Crippen molar-refractivity contribution in [2.24, 2.45) is 5.92 Å². The average molecular weight is 179 g/mol. The van der Waals surface area contributed by atoms with Gasteiger partial charge in [-0.05, 0) is 44.4 Å². The van der Waals surface area contributed by atoms with Crippen molar-refractivity contribution in [2.75, 3.05) is 7.05 Å². The summed E-state index contributed by atoms with van der Waals surface area (Å²) < 4.78 is 5.72. The molecule has 2 unspecified atom stereocenters. The quantitative estimate of drug-likeness (QED) is 0.716. The first-order chi connectivity index (χ1) is 6.22. The van der Waals surface area contributed by atoms with Gasteiger partial charge in [0.15, 0.2) is 0 Å². The number of aryl methyl sites for hydroxylation is 2. The third-order valence-electron chi connectivity index (χ3n) is 3.00. The fourth-order valence-electron chi connectivity index (χ4n) is 2.27. The van der Waals surface area contributed by atoms with E-state index in [0.717, 1.165) is 5.76 Å². The maximum absolute atomic E-state index is 5.72. The molecule has 0 bridgehead atoms. The molecule has 1 heterocycles. The van der Waals surface area contributed by atoms with E-state index in [-0.39, 0.29) is 0 Å². The van der Waals surface area contributed by atoms with Gasteiger partial charge < -0.3 is 9.73 Å². The molecule has 1 aromatic heterocycles. The number of furan rings is 1. The van der Waals surface area contributed by atoms with Crippen LogP contribution in [0.1, 0.15) is 36.5 Å². The lowest BCUT2D eigenvalue weighted by Gasteiger charge is -2.27. The van der Waals surface area contributed by atoms with Crippen molar-refractivity contribution in [1.29, 1.82) is 0 Å². The molecule has 13 heavy (non-hydrogen) atoms. The number of fused-ring (bicyclic) bond motifs is 1. The van der Waals surface area contributed by atoms with Gasteiger partial charge in [-0.15, -0.1) is 0 Å². The lowest BCUT2D eigenvalue weighted by molar-refractivity contribution is 0.301. The predicted molar refractivity (Wildman–Crippen MR) is 52.7 cm³/mol. The Kier molecular flexibility index (Phi) is 2.16. The summed E-state index contributed by atoms with van der Waals surface area (Å²) in [6, 6.07) is 2.59. The first-order valence-corrected chi connectivity index (χ1v) is 4.99. The number of rotatable bonds is 1. The van der Waals surface area contributed by atoms with Gasteiger partial charge in [0, 0.05) is 0 Å². The average Bonchev–Trinajstić information content (AvgIpc) is 2.45. The Morgan fingerprint density at radius 3 is 3.00 bits per heavy atom. The van der Waals surface area contributed by atoms with Crippen LogP contribution in [0.4, 0.5) is 0 Å². The smallest absolute Gasteiger partial charge is 0.124 e. The summed E-state index contributed by atoms with van der Waals surface area (Å²) in [5.74, 6) is 2.89. The summed E-state index contributed by atoms with van der Waals surface area (Å²) in [5, 5.41) is 3.33. The highest BCUT2D eigenvalue weighted by molar-refractivity contribution is 5.27. The molecule has 72 valence electrons. The normalized spacial score (nSPS) is 27.3. The molecule has 2 atom stereocenters. The van der Waals surface area contributed by atoms with E-state index in [4.69, 9.17) is 4.42 Å². The zero-order valence-corrected chi connectivity index (χ0v) is 8.55. The first-order valence-electron chi connectivity index (χ1n) is 4.99. The summed E-state index contributed by atoms with van der Waals surface area (Å²) in [6.45, 7) is 4.30. The second-order valence-corrected chi connectivity index (χ2v) is 4.03. The second kappa shape index (κ2) is 3.18. The van der Waals surface area contributed by atoms with Gasteiger partial charge in [-0.2, -0.15) is 0 Å². The number of nitrogens with one attached hydrogen (secondary N) is 1. The molecule has 2 nitrogen and oxygen atoms in total. The van der Waals surface area contributed by atoms with E-state index in [1.807, 2.05) is 14.0 Å². The van der Waals surface area contributed by atoms with Crippen LogP contribution in [-0.4, -0.2) is 7.05 Å². The van der Waals surface area contributed by atoms with Crippen LogP contribution in [-0.2, 0) is 6.42 Å². The van der Waals surface area contributed by atoms with Crippen LogP contribution < -0.4 is 5.32 Å². The monoisotopic (exact) mass is 179 g/mol. The minimum absolute atomic E-state index is 0.414. The Labute approximate surface area is 79.3 Å². The Bertz CT molecular complexity index is 303. The minimum atomic E-state index is 0.414. The van der Waals surface area contributed by atoms with Crippen molar-refractivity contribution < 1.29 is 4.42 Å². The topological polar surface area (TPSA) is 25.2 Å². The molecule has 2 heteroatoms. The summed E-state index contributed by atoms with van der Waals surface area (Å²) in [5.41, 5.74) is 1.40. The lowest BCUT2D eigenvalue weighted by Crippen LogP contribution is -2.27. The van der Waals surface area contributed by atoms with E-state index in [1.165, 1.54) is 24.2 Å². The molecule has 0 radical (unpaired) electrons. The predicted octanol–water partition coefficient (Wildman–Crippen LogP) is 2.43. The summed E-state index contributed by atoms with van der Waals surface area (Å²) >= 11 is 0. The van der Waals surface area contributed by atoms with Gasteiger partial charge in [0.2, 0.25) is 0 Å². The van der Waals surface area contributed by atoms with Crippen LogP contribution >= 0.6 is 0 Å². The lowest BCUT2D eigenvalue weighted by atomic mass is 9.85. The molecule has 1 N–H and O–H groups in total. The van der Waals surface area contributed by atoms with Crippen LogP contribution in [0, 0.1) is 12.8 Å². The molecule has 1 aromatic rings. The molecule has 0 spiro atoms. The van der Waals surface area contributed by atoms with Gasteiger partial charge in [0.25, 0.3) is 0 Å². The second-order valence-electron chi connectivity index (χ2n) is 4.03. The Morgan fingerprint density at radius 1 is 1.54 bits per heavy atom. The third-order valence-corrected chi connectivity index (χ3v) is 3.00. The maximum atomic E-state index is 5.72. The summed E-state index contributed by atoms with van der Waals surface area (Å²) in [6.07, 6.45) is 2.43. The standard InChI is InChI=1S/C11H17NO/c1-7-4-5-9-6-8(2)13-11(9)10(7)12-3/h6-7,10,12H,4-5H2,1-3H3. The van der Waals surface area contributed by atoms with Crippen LogP contribution in [0.15, 0.2) is 10.5 Å². The van der Waals surface area contributed by atoms with Crippen LogP contribution in [0.2, 0.25) is 0 Å². The van der Waals surface area contributed by atoms with Gasteiger partial charge in [0.1, 0.15) is 11.5 Å². The van der Waals surface area contributed by atoms with E-state index in [0.29, 0.717) is 12.0 Å². The third kappa shape index (κ3) is 1.39. The number of hydrogen-bond donors (Lipinski definition) is 1. The summed E-state index contributed by atoms with van der Waals surface area (Å²) in [4.78, 5) is 0. The van der Waals surface area contributed by atoms with Crippen molar-refractivity contribution in [3.8, 4) is 0 Å². The van der Waals surface area contributed by atoms with Gasteiger partial charge in [0.05, 0.1) is 6.04 Å². The molecule has 1 aliphatic rings. The van der Waals surface area contributed by atoms with Crippen molar-refractivity contribution in [3.63, 3.8) is 0 Å². The molecule has 0 saturated carbocycles. The summed E-state index contributed by atoms with van der Waals surface area (Å²) in [7, 11) is 2.01. The highest BCUT2D eigenvalue weighted by Gasteiger charge is 2.28. The Hall–Kier alpha value is -0.760. The molecule has 0 aromatic carbocycles. The van der Waals surface area contributed by atoms with E-state index >= 15 is 0 Å². The van der Waals surface area contributed by atoms with E-state index in [9.17, 15) is 0 Å². The fourth-order valence-corrected chi connectivity index (χ4v) is 2.27. The Balaban J connectivity index is 2.38. The zero-order valence-electron chi connectivity index (χ0n) is 8.55. The molecular weight excluding hydrogens is 162 g/mol. The van der Waals surface area contributed by atoms with Gasteiger partial charge >= 0.3 is 0 Å². The van der Waals surface area contributed by atoms with E-state index in [2.05, 4.69) is 18.3 Å². The van der Waals surface area contributed by atoms with E-state index in [1.54, 1.807) is 0 Å². The fraction of sp³-hybridized carbons (Fsp3) is 0.636. The molecule has 1 aliphatic carbocycles. The van der Waals surface area contributed by atoms with Crippen molar-refractivity contribution in [2.45, 2.75) is 32.7 Å². The largest absolute Gasteiger partial charge is 0.464 e. The Morgan fingerprint density at radius 2 is 2.31 bits per heavy atom. The van der Waals surface area contributed by atoms with Crippen molar-refractivity contribution in [3.05, 3.63) is 23.2 Å². The van der Waals surface area contributed by atoms with Gasteiger partial charge in [-0.1, -0.05) is 6.92 Å². The first kappa shape index (κ1) is 8.82. The minimum Gasteiger partial charge on any atom is -0.464 e. The highest BCUT2D eigenvalue weighted by Crippen LogP contribution is 2.35. The molecule has 0 fully saturated rings. The highest BCUT2D eigenvalue weighted by atomic mass is 16.3.